The molecule has 1 aromatic rings. The van der Waals surface area contributed by atoms with Crippen molar-refractivity contribution in [2.75, 3.05) is 10.6 Å². The molecule has 9 heteroatoms. The maximum atomic E-state index is 12.8. The predicted octanol–water partition coefficient (Wildman–Crippen LogP) is 3.15. The molecule has 0 bridgehead atoms. The number of rotatable bonds is 3. The van der Waals surface area contributed by atoms with Crippen LogP contribution in [-0.2, 0) is 15.8 Å². The molecule has 2 unspecified atom stereocenters. The quantitative estimate of drug-likeness (QED) is 0.769. The lowest BCUT2D eigenvalue weighted by Crippen LogP contribution is -2.24. The van der Waals surface area contributed by atoms with Crippen molar-refractivity contribution in [3.8, 4) is 0 Å². The molecule has 1 aromatic carbocycles. The van der Waals surface area contributed by atoms with Crippen molar-refractivity contribution >= 4 is 35.6 Å². The number of halogens is 4. The highest BCUT2D eigenvalue weighted by Gasteiger charge is 2.32. The number of hydrogen-bond donors (Lipinski definition) is 3. The average molecular weight is 366 g/mol. The van der Waals surface area contributed by atoms with Crippen LogP contribution in [-0.4, -0.2) is 17.9 Å². The summed E-state index contributed by atoms with van der Waals surface area (Å²) in [4.78, 5) is 23.4. The van der Waals surface area contributed by atoms with Gasteiger partial charge in [0.2, 0.25) is 11.8 Å². The molecule has 0 saturated heterocycles. The first-order valence-electron chi connectivity index (χ1n) is 7.22. The van der Waals surface area contributed by atoms with E-state index in [2.05, 4.69) is 10.6 Å². The minimum atomic E-state index is -4.54. The van der Waals surface area contributed by atoms with E-state index in [9.17, 15) is 22.8 Å². The predicted molar refractivity (Wildman–Crippen MR) is 86.9 cm³/mol. The Morgan fingerprint density at radius 2 is 1.83 bits per heavy atom. The summed E-state index contributed by atoms with van der Waals surface area (Å²) in [6.45, 7) is 1.24. The molecule has 0 radical (unpaired) electrons. The summed E-state index contributed by atoms with van der Waals surface area (Å²) >= 11 is 0. The van der Waals surface area contributed by atoms with E-state index in [0.29, 0.717) is 19.3 Å². The lowest BCUT2D eigenvalue weighted by molar-refractivity contribution is -0.137. The van der Waals surface area contributed by atoms with Crippen LogP contribution in [0.4, 0.5) is 24.5 Å². The fourth-order valence-electron chi connectivity index (χ4n) is 2.61. The summed E-state index contributed by atoms with van der Waals surface area (Å²) in [5.74, 6) is -1.16. The van der Waals surface area contributed by atoms with Crippen molar-refractivity contribution in [1.29, 1.82) is 0 Å². The number of carbonyl (C=O) groups excluding carboxylic acids is 2. The van der Waals surface area contributed by atoms with Crippen molar-refractivity contribution in [2.24, 2.45) is 11.7 Å². The maximum absolute atomic E-state index is 12.8. The molecule has 1 fully saturated rings. The van der Waals surface area contributed by atoms with Crippen LogP contribution in [0.5, 0.6) is 0 Å². The third-order valence-corrected chi connectivity index (χ3v) is 3.76. The summed E-state index contributed by atoms with van der Waals surface area (Å²) in [5, 5.41) is 4.89. The van der Waals surface area contributed by atoms with Crippen LogP contribution < -0.4 is 16.4 Å². The number of hydrogen-bond acceptors (Lipinski definition) is 3. The second-order valence-corrected chi connectivity index (χ2v) is 5.70. The monoisotopic (exact) mass is 365 g/mol. The van der Waals surface area contributed by atoms with Crippen molar-refractivity contribution in [1.82, 2.24) is 0 Å². The van der Waals surface area contributed by atoms with Gasteiger partial charge in [0.1, 0.15) is 0 Å². The molecule has 5 nitrogen and oxygen atoms in total. The van der Waals surface area contributed by atoms with Crippen LogP contribution in [0, 0.1) is 5.92 Å². The van der Waals surface area contributed by atoms with Gasteiger partial charge in [0.05, 0.1) is 16.9 Å². The first-order valence-corrected chi connectivity index (χ1v) is 7.22. The van der Waals surface area contributed by atoms with Gasteiger partial charge in [-0.1, -0.05) is 0 Å². The standard InChI is InChI=1S/C15H18F3N3O2.ClH/c1-8(22)20-12-5-3-10(15(16,17)18)7-13(12)21-14(23)9-2-4-11(19)6-9;/h3,5,7,9,11H,2,4,6,19H2,1H3,(H,20,22)(H,21,23);1H. The van der Waals surface area contributed by atoms with Crippen LogP contribution in [0.15, 0.2) is 18.2 Å². The van der Waals surface area contributed by atoms with Gasteiger partial charge in [0, 0.05) is 18.9 Å². The highest BCUT2D eigenvalue weighted by molar-refractivity contribution is 5.99. The van der Waals surface area contributed by atoms with Crippen molar-refractivity contribution in [3.05, 3.63) is 23.8 Å². The number of benzene rings is 1. The average Bonchev–Trinajstić information content (AvgIpc) is 2.85. The van der Waals surface area contributed by atoms with E-state index in [1.807, 2.05) is 0 Å². The highest BCUT2D eigenvalue weighted by atomic mass is 35.5. The first kappa shape index (κ1) is 20.2. The molecular weight excluding hydrogens is 347 g/mol. The smallest absolute Gasteiger partial charge is 0.328 e. The lowest BCUT2D eigenvalue weighted by Gasteiger charge is -2.16. The van der Waals surface area contributed by atoms with E-state index < -0.39 is 17.6 Å². The van der Waals surface area contributed by atoms with Gasteiger partial charge in [0.25, 0.3) is 0 Å². The molecule has 1 aliphatic carbocycles. The molecule has 1 aliphatic rings. The number of nitrogens with one attached hydrogen (secondary N) is 2. The van der Waals surface area contributed by atoms with Gasteiger partial charge in [-0.3, -0.25) is 9.59 Å². The number of amides is 2. The minimum Gasteiger partial charge on any atom is -0.328 e. The summed E-state index contributed by atoms with van der Waals surface area (Å²) in [6.07, 6.45) is -2.73. The summed E-state index contributed by atoms with van der Waals surface area (Å²) in [5.41, 5.74) is 4.91. The molecule has 2 amide bonds. The Morgan fingerprint density at radius 3 is 2.33 bits per heavy atom. The van der Waals surface area contributed by atoms with Gasteiger partial charge in [-0.05, 0) is 37.5 Å². The largest absolute Gasteiger partial charge is 0.416 e. The van der Waals surface area contributed by atoms with E-state index in [0.717, 1.165) is 18.2 Å². The molecule has 24 heavy (non-hydrogen) atoms. The van der Waals surface area contributed by atoms with E-state index >= 15 is 0 Å². The van der Waals surface area contributed by atoms with Gasteiger partial charge in [0.15, 0.2) is 0 Å². The summed E-state index contributed by atoms with van der Waals surface area (Å²) < 4.78 is 38.5. The van der Waals surface area contributed by atoms with Crippen LogP contribution in [0.3, 0.4) is 0 Å². The van der Waals surface area contributed by atoms with Gasteiger partial charge in [-0.15, -0.1) is 12.4 Å². The Hall–Kier alpha value is -1.80. The fraction of sp³-hybridized carbons (Fsp3) is 0.467. The van der Waals surface area contributed by atoms with Gasteiger partial charge < -0.3 is 16.4 Å². The lowest BCUT2D eigenvalue weighted by atomic mass is 10.1. The molecule has 0 heterocycles. The topological polar surface area (TPSA) is 84.2 Å². The van der Waals surface area contributed by atoms with Crippen LogP contribution in [0.2, 0.25) is 0 Å². The van der Waals surface area contributed by atoms with Crippen LogP contribution in [0.1, 0.15) is 31.7 Å². The summed E-state index contributed by atoms with van der Waals surface area (Å²) in [6, 6.07) is 2.73. The van der Waals surface area contributed by atoms with E-state index in [1.165, 1.54) is 6.92 Å². The zero-order valence-electron chi connectivity index (χ0n) is 12.9. The van der Waals surface area contributed by atoms with Crippen LogP contribution in [0.25, 0.3) is 0 Å². The number of nitrogens with two attached hydrogens (primary N) is 1. The third-order valence-electron chi connectivity index (χ3n) is 3.76. The number of alkyl halides is 3. The molecule has 2 atom stereocenters. The fourth-order valence-corrected chi connectivity index (χ4v) is 2.61. The Bertz CT molecular complexity index is 622. The molecule has 0 aliphatic heterocycles. The van der Waals surface area contributed by atoms with Crippen molar-refractivity contribution < 1.29 is 22.8 Å². The Balaban J connectivity index is 0.00000288. The van der Waals surface area contributed by atoms with E-state index in [4.69, 9.17) is 5.73 Å². The Labute approximate surface area is 143 Å². The second-order valence-electron chi connectivity index (χ2n) is 5.70. The molecule has 2 rings (SSSR count). The van der Waals surface area contributed by atoms with Crippen molar-refractivity contribution in [3.63, 3.8) is 0 Å². The van der Waals surface area contributed by atoms with Gasteiger partial charge in [-0.2, -0.15) is 13.2 Å². The molecule has 134 valence electrons. The van der Waals surface area contributed by atoms with Gasteiger partial charge in [-0.25, -0.2) is 0 Å². The Kier molecular flexibility index (Phi) is 6.62. The van der Waals surface area contributed by atoms with E-state index in [1.54, 1.807) is 0 Å². The Morgan fingerprint density at radius 1 is 1.17 bits per heavy atom. The zero-order chi connectivity index (χ0) is 17.2. The molecule has 0 aromatic heterocycles. The number of carbonyl (C=O) groups is 2. The minimum absolute atomic E-state index is 0. The van der Waals surface area contributed by atoms with Crippen molar-refractivity contribution in [2.45, 2.75) is 38.4 Å². The van der Waals surface area contributed by atoms with E-state index in [-0.39, 0.29) is 41.6 Å². The molecule has 0 spiro atoms. The summed E-state index contributed by atoms with van der Waals surface area (Å²) in [7, 11) is 0. The normalized spacial score (nSPS) is 20.2. The van der Waals surface area contributed by atoms with Crippen LogP contribution >= 0.6 is 12.4 Å². The number of anilines is 2. The second kappa shape index (κ2) is 7.85. The third kappa shape index (κ3) is 5.10. The zero-order valence-corrected chi connectivity index (χ0v) is 13.8. The highest BCUT2D eigenvalue weighted by Crippen LogP contribution is 2.35. The molecule has 4 N–H and O–H groups in total. The SMILES string of the molecule is CC(=O)Nc1ccc(C(F)(F)F)cc1NC(=O)C1CCC(N)C1.Cl. The maximum Gasteiger partial charge on any atom is 0.416 e. The van der Waals surface area contributed by atoms with Gasteiger partial charge >= 0.3 is 6.18 Å². The first-order chi connectivity index (χ1) is 10.7. The molecule has 1 saturated carbocycles. The molecular formula is C15H19ClF3N3O2.